The first-order chi connectivity index (χ1) is 21.3. The highest BCUT2D eigenvalue weighted by Gasteiger charge is 2.41. The van der Waals surface area contributed by atoms with Crippen LogP contribution >= 0.6 is 0 Å². The van der Waals surface area contributed by atoms with Crippen molar-refractivity contribution < 1.29 is 35.9 Å². The minimum atomic E-state index is -4.79. The van der Waals surface area contributed by atoms with Crippen LogP contribution in [0.4, 0.5) is 24.9 Å². The molecule has 0 bridgehead atoms. The number of halogens is 3. The first-order valence-electron chi connectivity index (χ1n) is 14.6. The van der Waals surface area contributed by atoms with Crippen LogP contribution in [0.1, 0.15) is 42.5 Å². The Morgan fingerprint density at radius 2 is 1.84 bits per heavy atom. The van der Waals surface area contributed by atoms with E-state index in [2.05, 4.69) is 25.9 Å². The van der Waals surface area contributed by atoms with E-state index in [1.54, 1.807) is 37.3 Å². The molecule has 2 aliphatic carbocycles. The van der Waals surface area contributed by atoms with Gasteiger partial charge in [0, 0.05) is 45.2 Å². The lowest BCUT2D eigenvalue weighted by Gasteiger charge is -2.31. The van der Waals surface area contributed by atoms with E-state index in [1.165, 1.54) is 14.2 Å². The lowest BCUT2D eigenvalue weighted by Crippen LogP contribution is -2.42. The largest absolute Gasteiger partial charge is 0.421 e. The Hall–Kier alpha value is -3.53. The third-order valence-corrected chi connectivity index (χ3v) is 9.71. The summed E-state index contributed by atoms with van der Waals surface area (Å²) in [5.41, 5.74) is 1.53. The number of sulfonamides is 1. The van der Waals surface area contributed by atoms with Crippen molar-refractivity contribution in [2.45, 2.75) is 62.6 Å². The van der Waals surface area contributed by atoms with Gasteiger partial charge in [-0.2, -0.15) is 22.5 Å². The SMILES string of the molecule is COC1C=C(C)C(C(=O)NC2CCOCC2)=CC1Nc1ncc(C(F)(F)F)c(N[C@@H]2Cc3ccccc3[C@H]2N(C)S(C)(=O)=O)n1. The Labute approximate surface area is 260 Å². The second kappa shape index (κ2) is 13.1. The Morgan fingerprint density at radius 1 is 1.13 bits per heavy atom. The molecule has 0 saturated carbocycles. The number of aromatic nitrogens is 2. The molecule has 4 atom stereocenters. The number of anilines is 2. The third-order valence-electron chi connectivity index (χ3n) is 8.43. The van der Waals surface area contributed by atoms with Crippen LogP contribution in [0.25, 0.3) is 0 Å². The van der Waals surface area contributed by atoms with Gasteiger partial charge >= 0.3 is 6.18 Å². The number of nitrogens with zero attached hydrogens (tertiary/aromatic N) is 3. The van der Waals surface area contributed by atoms with E-state index < -0.39 is 51.8 Å². The molecule has 0 radical (unpaired) electrons. The van der Waals surface area contributed by atoms with Gasteiger partial charge in [0.25, 0.3) is 5.91 Å². The molecule has 3 aliphatic rings. The maximum absolute atomic E-state index is 14.2. The van der Waals surface area contributed by atoms with E-state index in [0.717, 1.165) is 16.1 Å². The normalized spacial score (nSPS) is 24.1. The van der Waals surface area contributed by atoms with Gasteiger partial charge in [0.1, 0.15) is 11.4 Å². The number of methoxy groups -OCH3 is 1. The molecule has 2 heterocycles. The zero-order valence-electron chi connectivity index (χ0n) is 25.4. The van der Waals surface area contributed by atoms with Gasteiger partial charge in [0.15, 0.2) is 0 Å². The molecule has 3 N–H and O–H groups in total. The van der Waals surface area contributed by atoms with Crippen molar-refractivity contribution >= 4 is 27.7 Å². The van der Waals surface area contributed by atoms with Gasteiger partial charge in [-0.3, -0.25) is 4.79 Å². The van der Waals surface area contributed by atoms with Gasteiger partial charge in [-0.05, 0) is 55.0 Å². The van der Waals surface area contributed by atoms with Gasteiger partial charge in [0.05, 0.1) is 30.5 Å². The van der Waals surface area contributed by atoms with Crippen molar-refractivity contribution in [3.05, 3.63) is 70.5 Å². The van der Waals surface area contributed by atoms with E-state index in [4.69, 9.17) is 9.47 Å². The fraction of sp³-hybridized carbons (Fsp3) is 0.500. The third kappa shape index (κ3) is 7.32. The molecule has 45 heavy (non-hydrogen) atoms. The fourth-order valence-corrected chi connectivity index (χ4v) is 6.67. The molecule has 1 aromatic carbocycles. The van der Waals surface area contributed by atoms with E-state index in [0.29, 0.717) is 49.0 Å². The van der Waals surface area contributed by atoms with Crippen molar-refractivity contribution in [2.24, 2.45) is 0 Å². The summed E-state index contributed by atoms with van der Waals surface area (Å²) in [4.78, 5) is 21.4. The fourth-order valence-electron chi connectivity index (χ4n) is 6.00. The number of hydrogen-bond acceptors (Lipinski definition) is 9. The average molecular weight is 651 g/mol. The summed E-state index contributed by atoms with van der Waals surface area (Å²) in [6.07, 6.45) is 1.48. The summed E-state index contributed by atoms with van der Waals surface area (Å²) in [5, 5.41) is 8.96. The highest BCUT2D eigenvalue weighted by Crippen LogP contribution is 2.40. The van der Waals surface area contributed by atoms with Crippen molar-refractivity contribution in [2.75, 3.05) is 44.3 Å². The van der Waals surface area contributed by atoms with Crippen molar-refractivity contribution in [3.8, 4) is 0 Å². The number of hydrogen-bond donors (Lipinski definition) is 3. The second-order valence-corrected chi connectivity index (χ2v) is 13.5. The first-order valence-corrected chi connectivity index (χ1v) is 16.4. The standard InChI is InChI=1S/C30H37F3N6O5S/c1-17-13-25(43-3)23(15-21(17)28(40)35-19-9-11-44-12-10-19)37-29-34-16-22(30(31,32)33)27(38-29)36-24-14-18-7-5-6-8-20(18)26(24)39(2)45(4,41)42/h5-8,13,15-16,19,23-26H,9-12,14H2,1-4H3,(H,35,40)(H2,34,36,37,38)/t23?,24-,25?,26-/m1/s1. The van der Waals surface area contributed by atoms with Crippen LogP contribution in [-0.4, -0.2) is 86.5 Å². The summed E-state index contributed by atoms with van der Waals surface area (Å²) in [6.45, 7) is 2.92. The number of benzene rings is 1. The minimum Gasteiger partial charge on any atom is -0.381 e. The number of carbonyl (C=O) groups excluding carboxylic acids is 1. The van der Waals surface area contributed by atoms with Gasteiger partial charge < -0.3 is 25.4 Å². The van der Waals surface area contributed by atoms with Gasteiger partial charge in [-0.25, -0.2) is 13.4 Å². The summed E-state index contributed by atoms with van der Waals surface area (Å²) in [6, 6.07) is 4.92. The maximum Gasteiger partial charge on any atom is 0.421 e. The maximum atomic E-state index is 14.2. The minimum absolute atomic E-state index is 0.0225. The summed E-state index contributed by atoms with van der Waals surface area (Å²) in [7, 11) is -0.805. The van der Waals surface area contributed by atoms with Crippen LogP contribution in [0.15, 0.2) is 53.8 Å². The molecule has 5 rings (SSSR count). The number of ether oxygens (including phenoxy) is 2. The van der Waals surface area contributed by atoms with Crippen LogP contribution in [0.3, 0.4) is 0 Å². The molecule has 1 aliphatic heterocycles. The van der Waals surface area contributed by atoms with Crippen LogP contribution in [-0.2, 0) is 36.9 Å². The Kier molecular flexibility index (Phi) is 9.54. The molecular weight excluding hydrogens is 613 g/mol. The Morgan fingerprint density at radius 3 is 2.51 bits per heavy atom. The van der Waals surface area contributed by atoms with Crippen LogP contribution in [0, 0.1) is 0 Å². The van der Waals surface area contributed by atoms with Crippen LogP contribution in [0.2, 0.25) is 0 Å². The van der Waals surface area contributed by atoms with Crippen LogP contribution < -0.4 is 16.0 Å². The topological polar surface area (TPSA) is 135 Å². The predicted molar refractivity (Wildman–Crippen MR) is 162 cm³/mol. The molecule has 0 spiro atoms. The number of rotatable bonds is 9. The molecule has 11 nitrogen and oxygen atoms in total. The predicted octanol–water partition coefficient (Wildman–Crippen LogP) is 3.44. The van der Waals surface area contributed by atoms with Crippen molar-refractivity contribution in [3.63, 3.8) is 0 Å². The zero-order chi connectivity index (χ0) is 32.5. The molecule has 1 fully saturated rings. The van der Waals surface area contributed by atoms with Gasteiger partial charge in [-0.1, -0.05) is 24.3 Å². The number of amides is 1. The molecular formula is C30H37F3N6O5S. The van der Waals surface area contributed by atoms with Gasteiger partial charge in [-0.15, -0.1) is 0 Å². The van der Waals surface area contributed by atoms with E-state index in [9.17, 15) is 26.4 Å². The lowest BCUT2D eigenvalue weighted by molar-refractivity contribution is -0.137. The molecule has 2 aromatic rings. The molecule has 15 heteroatoms. The molecule has 1 saturated heterocycles. The smallest absolute Gasteiger partial charge is 0.381 e. The molecule has 1 aromatic heterocycles. The summed E-state index contributed by atoms with van der Waals surface area (Å²) >= 11 is 0. The average Bonchev–Trinajstić information content (AvgIpc) is 3.34. The van der Waals surface area contributed by atoms with Crippen molar-refractivity contribution in [1.82, 2.24) is 19.6 Å². The first kappa shape index (κ1) is 32.9. The number of fused-ring (bicyclic) bond motifs is 1. The lowest BCUT2D eigenvalue weighted by atomic mass is 9.92. The van der Waals surface area contributed by atoms with E-state index in [1.807, 2.05) is 6.07 Å². The summed E-state index contributed by atoms with van der Waals surface area (Å²) < 4.78 is 79.7. The Bertz CT molecular complexity index is 1590. The highest BCUT2D eigenvalue weighted by atomic mass is 32.2. The quantitative estimate of drug-likeness (QED) is 0.373. The van der Waals surface area contributed by atoms with Crippen molar-refractivity contribution in [1.29, 1.82) is 0 Å². The summed E-state index contributed by atoms with van der Waals surface area (Å²) in [5.74, 6) is -0.897. The number of likely N-dealkylation sites (N-methyl/N-ethyl adjacent to an activating group) is 1. The highest BCUT2D eigenvalue weighted by molar-refractivity contribution is 7.88. The number of alkyl halides is 3. The van der Waals surface area contributed by atoms with Gasteiger partial charge in [0.2, 0.25) is 16.0 Å². The number of carbonyl (C=O) groups is 1. The molecule has 2 unspecified atom stereocenters. The molecule has 1 amide bonds. The number of nitrogens with one attached hydrogen (secondary N) is 3. The monoisotopic (exact) mass is 650 g/mol. The second-order valence-electron chi connectivity index (χ2n) is 11.5. The van der Waals surface area contributed by atoms with Crippen LogP contribution in [0.5, 0.6) is 0 Å². The Balaban J connectivity index is 1.44. The van der Waals surface area contributed by atoms with E-state index >= 15 is 0 Å². The molecule has 244 valence electrons. The van der Waals surface area contributed by atoms with E-state index in [-0.39, 0.29) is 24.3 Å². The zero-order valence-corrected chi connectivity index (χ0v) is 26.2.